The summed E-state index contributed by atoms with van der Waals surface area (Å²) in [6.45, 7) is 5.01. The number of nitrogens with two attached hydrogens (primary N) is 1. The van der Waals surface area contributed by atoms with Crippen molar-refractivity contribution < 1.29 is 29.4 Å². The van der Waals surface area contributed by atoms with E-state index in [1.54, 1.807) is 13.1 Å². The molecule has 6 unspecified atom stereocenters. The van der Waals surface area contributed by atoms with Crippen LogP contribution in [0.1, 0.15) is 38.4 Å². The Hall–Kier alpha value is -4.23. The standard InChI is InChI=1S/C27H37N7O6/c1-4-14(2)22(28)25(37)34-23(15(3)35)26(38)32-20(9-16-11-30-19-8-6-5-7-18(16)19)24(36)33-21(27(39)40)10-17-12-29-13-31-17/h5-8,11-15,20-23,30,35H,4,9-10,28H2,1-3H3,(H,29,31)(H,32,38)(H,33,36)(H,34,37)(H,39,40). The number of rotatable bonds is 14. The van der Waals surface area contributed by atoms with Gasteiger partial charge in [-0.05, 0) is 24.5 Å². The molecule has 0 saturated carbocycles. The molecule has 0 aliphatic carbocycles. The lowest BCUT2D eigenvalue weighted by atomic mass is 9.98. The number of nitrogens with zero attached hydrogens (tertiary/aromatic N) is 1. The molecule has 0 aliphatic heterocycles. The fourth-order valence-electron chi connectivity index (χ4n) is 4.25. The van der Waals surface area contributed by atoms with Crippen LogP contribution < -0.4 is 21.7 Å². The largest absolute Gasteiger partial charge is 0.480 e. The first-order valence-electron chi connectivity index (χ1n) is 13.1. The normalized spacial score (nSPS) is 15.8. The number of aromatic amines is 2. The molecule has 216 valence electrons. The Kier molecular flexibility index (Phi) is 10.4. The molecular weight excluding hydrogens is 518 g/mol. The molecule has 1 aromatic carbocycles. The van der Waals surface area contributed by atoms with Gasteiger partial charge in [0.05, 0.1) is 18.5 Å². The number of carbonyl (C=O) groups is 4. The third-order valence-electron chi connectivity index (χ3n) is 6.95. The lowest BCUT2D eigenvalue weighted by Gasteiger charge is -2.27. The second kappa shape index (κ2) is 13.7. The number of carboxylic acids is 1. The number of nitrogens with one attached hydrogen (secondary N) is 5. The average Bonchev–Trinajstić information content (AvgIpc) is 3.59. The molecule has 40 heavy (non-hydrogen) atoms. The first kappa shape index (κ1) is 30.3. The predicted molar refractivity (Wildman–Crippen MR) is 147 cm³/mol. The topological polar surface area (TPSA) is 215 Å². The Morgan fingerprint density at radius 2 is 1.68 bits per heavy atom. The third-order valence-corrected chi connectivity index (χ3v) is 6.95. The summed E-state index contributed by atoms with van der Waals surface area (Å²) in [6, 6.07) is 2.54. The number of benzene rings is 1. The van der Waals surface area contributed by atoms with Crippen LogP contribution in [-0.2, 0) is 32.0 Å². The maximum Gasteiger partial charge on any atom is 0.326 e. The molecular formula is C27H37N7O6. The Labute approximate surface area is 231 Å². The van der Waals surface area contributed by atoms with Gasteiger partial charge in [-0.3, -0.25) is 14.4 Å². The van der Waals surface area contributed by atoms with E-state index in [0.29, 0.717) is 17.7 Å². The molecule has 13 heteroatoms. The van der Waals surface area contributed by atoms with E-state index in [2.05, 4.69) is 30.9 Å². The van der Waals surface area contributed by atoms with Crippen molar-refractivity contribution in [3.63, 3.8) is 0 Å². The predicted octanol–water partition coefficient (Wildman–Crippen LogP) is -0.0306. The summed E-state index contributed by atoms with van der Waals surface area (Å²) in [5.74, 6) is -3.62. The molecule has 2 aromatic heterocycles. The highest BCUT2D eigenvalue weighted by atomic mass is 16.4. The average molecular weight is 556 g/mol. The third kappa shape index (κ3) is 7.67. The summed E-state index contributed by atoms with van der Waals surface area (Å²) in [5.41, 5.74) is 8.02. The maximum absolute atomic E-state index is 13.4. The zero-order chi connectivity index (χ0) is 29.4. The van der Waals surface area contributed by atoms with Crippen molar-refractivity contribution in [1.82, 2.24) is 30.9 Å². The number of para-hydroxylation sites is 1. The van der Waals surface area contributed by atoms with Gasteiger partial charge in [0.25, 0.3) is 0 Å². The minimum Gasteiger partial charge on any atom is -0.480 e. The highest BCUT2D eigenvalue weighted by Gasteiger charge is 2.33. The van der Waals surface area contributed by atoms with Crippen LogP contribution in [0.5, 0.6) is 0 Å². The van der Waals surface area contributed by atoms with E-state index in [1.165, 1.54) is 19.4 Å². The van der Waals surface area contributed by atoms with Gasteiger partial charge in [0.1, 0.15) is 18.1 Å². The van der Waals surface area contributed by atoms with Crippen LogP contribution >= 0.6 is 0 Å². The van der Waals surface area contributed by atoms with Gasteiger partial charge in [0.15, 0.2) is 0 Å². The summed E-state index contributed by atoms with van der Waals surface area (Å²) in [7, 11) is 0. The minimum atomic E-state index is -1.40. The Morgan fingerprint density at radius 1 is 0.975 bits per heavy atom. The maximum atomic E-state index is 13.4. The van der Waals surface area contributed by atoms with E-state index in [4.69, 9.17) is 5.73 Å². The summed E-state index contributed by atoms with van der Waals surface area (Å²) < 4.78 is 0. The number of H-pyrrole nitrogens is 2. The van der Waals surface area contributed by atoms with Crippen LogP contribution in [0.4, 0.5) is 0 Å². The van der Waals surface area contributed by atoms with Gasteiger partial charge >= 0.3 is 5.97 Å². The number of hydrogen-bond donors (Lipinski definition) is 8. The number of aliphatic hydroxyl groups excluding tert-OH is 1. The van der Waals surface area contributed by atoms with Crippen molar-refractivity contribution in [2.75, 3.05) is 0 Å². The van der Waals surface area contributed by atoms with E-state index < -0.39 is 54.0 Å². The lowest BCUT2D eigenvalue weighted by molar-refractivity contribution is -0.142. The molecule has 3 aromatic rings. The monoisotopic (exact) mass is 555 g/mol. The van der Waals surface area contributed by atoms with Crippen LogP contribution in [-0.4, -0.2) is 79.1 Å². The number of hydrogen-bond acceptors (Lipinski definition) is 7. The summed E-state index contributed by atoms with van der Waals surface area (Å²) in [5, 5.41) is 28.4. The van der Waals surface area contributed by atoms with Crippen LogP contribution in [0.25, 0.3) is 10.9 Å². The number of imidazole rings is 1. The number of fused-ring (bicyclic) bond motifs is 1. The van der Waals surface area contributed by atoms with Crippen molar-refractivity contribution in [1.29, 1.82) is 0 Å². The number of carbonyl (C=O) groups excluding carboxylic acids is 3. The fourth-order valence-corrected chi connectivity index (χ4v) is 4.25. The molecule has 0 aliphatic rings. The number of carboxylic acid groups (broad SMARTS) is 1. The van der Waals surface area contributed by atoms with Crippen molar-refractivity contribution >= 4 is 34.6 Å². The van der Waals surface area contributed by atoms with Gasteiger partial charge in [-0.15, -0.1) is 0 Å². The summed E-state index contributed by atoms with van der Waals surface area (Å²) in [4.78, 5) is 61.1. The van der Waals surface area contributed by atoms with Gasteiger partial charge in [0, 0.05) is 41.8 Å². The molecule has 3 rings (SSSR count). The zero-order valence-corrected chi connectivity index (χ0v) is 22.7. The molecule has 0 bridgehead atoms. The first-order chi connectivity index (χ1) is 19.0. The molecule has 9 N–H and O–H groups in total. The smallest absolute Gasteiger partial charge is 0.326 e. The van der Waals surface area contributed by atoms with Gasteiger partial charge in [0.2, 0.25) is 17.7 Å². The van der Waals surface area contributed by atoms with Crippen molar-refractivity contribution in [2.45, 2.75) is 70.3 Å². The van der Waals surface area contributed by atoms with Crippen LogP contribution in [0.3, 0.4) is 0 Å². The molecule has 6 atom stereocenters. The summed E-state index contributed by atoms with van der Waals surface area (Å²) >= 11 is 0. The van der Waals surface area contributed by atoms with E-state index in [-0.39, 0.29) is 18.8 Å². The molecule has 0 saturated heterocycles. The highest BCUT2D eigenvalue weighted by molar-refractivity contribution is 5.95. The van der Waals surface area contributed by atoms with Crippen molar-refractivity contribution in [3.05, 3.63) is 54.2 Å². The van der Waals surface area contributed by atoms with Crippen molar-refractivity contribution in [3.8, 4) is 0 Å². The molecule has 3 amide bonds. The lowest BCUT2D eigenvalue weighted by Crippen LogP contribution is -2.60. The van der Waals surface area contributed by atoms with E-state index >= 15 is 0 Å². The van der Waals surface area contributed by atoms with E-state index in [1.807, 2.05) is 31.2 Å². The van der Waals surface area contributed by atoms with Crippen LogP contribution in [0.15, 0.2) is 43.0 Å². The first-order valence-corrected chi connectivity index (χ1v) is 13.1. The molecule has 13 nitrogen and oxygen atoms in total. The number of aliphatic carboxylic acids is 1. The van der Waals surface area contributed by atoms with E-state index in [9.17, 15) is 29.4 Å². The molecule has 2 heterocycles. The quantitative estimate of drug-likeness (QED) is 0.135. The van der Waals surface area contributed by atoms with Gasteiger partial charge < -0.3 is 41.9 Å². The van der Waals surface area contributed by atoms with Crippen LogP contribution in [0.2, 0.25) is 0 Å². The second-order valence-electron chi connectivity index (χ2n) is 9.94. The fraction of sp³-hybridized carbons (Fsp3) is 0.444. The van der Waals surface area contributed by atoms with Gasteiger partial charge in [-0.1, -0.05) is 38.5 Å². The molecule has 0 fully saturated rings. The highest BCUT2D eigenvalue weighted by Crippen LogP contribution is 2.19. The molecule has 0 spiro atoms. The SMILES string of the molecule is CCC(C)C(N)C(=O)NC(C(=O)NC(Cc1c[nH]c2ccccc12)C(=O)NC(Cc1cnc[nH]1)C(=O)O)C(C)O. The van der Waals surface area contributed by atoms with Crippen molar-refractivity contribution in [2.24, 2.45) is 11.7 Å². The Balaban J connectivity index is 1.85. The zero-order valence-electron chi connectivity index (χ0n) is 22.7. The number of aromatic nitrogens is 3. The number of aliphatic hydroxyl groups is 1. The molecule has 0 radical (unpaired) electrons. The Morgan fingerprint density at radius 3 is 2.30 bits per heavy atom. The van der Waals surface area contributed by atoms with Crippen LogP contribution in [0, 0.1) is 5.92 Å². The summed E-state index contributed by atoms with van der Waals surface area (Å²) in [6.07, 6.45) is 3.82. The Bertz CT molecular complexity index is 1310. The van der Waals surface area contributed by atoms with E-state index in [0.717, 1.165) is 10.9 Å². The van der Waals surface area contributed by atoms with Gasteiger partial charge in [-0.25, -0.2) is 9.78 Å². The number of amides is 3. The van der Waals surface area contributed by atoms with Gasteiger partial charge in [-0.2, -0.15) is 0 Å². The second-order valence-corrected chi connectivity index (χ2v) is 9.94. The minimum absolute atomic E-state index is 0.00480.